The average molecular weight is 417 g/mol. The minimum Gasteiger partial charge on any atom is -0.459 e. The van der Waals surface area contributed by atoms with Crippen molar-refractivity contribution in [2.45, 2.75) is 25.8 Å². The number of fused-ring (bicyclic) bond motifs is 1. The lowest BCUT2D eigenvalue weighted by Crippen LogP contribution is -2.43. The van der Waals surface area contributed by atoms with Gasteiger partial charge in [-0.25, -0.2) is 0 Å². The minimum absolute atomic E-state index is 0.00116. The molecule has 31 heavy (non-hydrogen) atoms. The van der Waals surface area contributed by atoms with Crippen molar-refractivity contribution in [2.24, 2.45) is 5.92 Å². The number of benzene rings is 2. The van der Waals surface area contributed by atoms with Crippen LogP contribution in [0.5, 0.6) is 0 Å². The first-order valence-corrected chi connectivity index (χ1v) is 10.8. The van der Waals surface area contributed by atoms with Gasteiger partial charge >= 0.3 is 0 Å². The molecular formula is C26H28N2O3. The summed E-state index contributed by atoms with van der Waals surface area (Å²) in [6.07, 6.45) is 4.82. The Balaban J connectivity index is 1.33. The molecule has 1 aliphatic heterocycles. The summed E-state index contributed by atoms with van der Waals surface area (Å²) < 4.78 is 5.95. The number of hydrogen-bond donors (Lipinski definition) is 0. The van der Waals surface area contributed by atoms with Gasteiger partial charge in [0.1, 0.15) is 11.3 Å². The number of likely N-dealkylation sites (tertiary alicyclic amines) is 1. The largest absolute Gasteiger partial charge is 0.459 e. The van der Waals surface area contributed by atoms with Crippen LogP contribution in [0.15, 0.2) is 71.2 Å². The van der Waals surface area contributed by atoms with E-state index in [1.165, 1.54) is 0 Å². The van der Waals surface area contributed by atoms with Gasteiger partial charge in [0, 0.05) is 37.5 Å². The molecule has 160 valence electrons. The van der Waals surface area contributed by atoms with Gasteiger partial charge in [-0.1, -0.05) is 48.5 Å². The fourth-order valence-corrected chi connectivity index (χ4v) is 4.06. The van der Waals surface area contributed by atoms with E-state index < -0.39 is 0 Å². The molecule has 0 saturated carbocycles. The Kier molecular flexibility index (Phi) is 6.21. The molecule has 0 radical (unpaired) electrons. The van der Waals surface area contributed by atoms with E-state index in [0.29, 0.717) is 25.9 Å². The zero-order valence-corrected chi connectivity index (χ0v) is 18.0. The Morgan fingerprint density at radius 3 is 2.45 bits per heavy atom. The van der Waals surface area contributed by atoms with E-state index in [2.05, 4.69) is 0 Å². The number of para-hydroxylation sites is 1. The Morgan fingerprint density at radius 2 is 1.74 bits per heavy atom. The van der Waals surface area contributed by atoms with E-state index >= 15 is 0 Å². The number of furan rings is 1. The zero-order valence-electron chi connectivity index (χ0n) is 18.0. The number of nitrogens with zero attached hydrogens (tertiary/aromatic N) is 2. The van der Waals surface area contributed by atoms with Crippen LogP contribution in [0.3, 0.4) is 0 Å². The third-order valence-corrected chi connectivity index (χ3v) is 6.16. The SMILES string of the molecule is C[C@H](c1cc2ccccc2o1)N(C)C(=O)C1CCN(C(=O)/C=C/c2ccccc2)CC1. The van der Waals surface area contributed by atoms with E-state index in [9.17, 15) is 9.59 Å². The lowest BCUT2D eigenvalue weighted by atomic mass is 9.94. The Hall–Kier alpha value is -3.34. The smallest absolute Gasteiger partial charge is 0.246 e. The summed E-state index contributed by atoms with van der Waals surface area (Å²) in [5.74, 6) is 0.827. The van der Waals surface area contributed by atoms with Crippen molar-refractivity contribution in [3.8, 4) is 0 Å². The Morgan fingerprint density at radius 1 is 1.06 bits per heavy atom. The second-order valence-electron chi connectivity index (χ2n) is 8.16. The van der Waals surface area contributed by atoms with Crippen LogP contribution in [0, 0.1) is 5.92 Å². The van der Waals surface area contributed by atoms with Crippen LogP contribution >= 0.6 is 0 Å². The molecule has 2 heterocycles. The number of piperidine rings is 1. The molecule has 4 rings (SSSR count). The van der Waals surface area contributed by atoms with Crippen molar-refractivity contribution in [1.29, 1.82) is 0 Å². The molecule has 1 atom stereocenters. The van der Waals surface area contributed by atoms with E-state index in [-0.39, 0.29) is 23.8 Å². The van der Waals surface area contributed by atoms with Crippen LogP contribution in [-0.4, -0.2) is 41.8 Å². The third kappa shape index (κ3) is 4.71. The third-order valence-electron chi connectivity index (χ3n) is 6.16. The van der Waals surface area contributed by atoms with Crippen LogP contribution in [0.25, 0.3) is 17.0 Å². The topological polar surface area (TPSA) is 53.8 Å². The van der Waals surface area contributed by atoms with Crippen LogP contribution in [-0.2, 0) is 9.59 Å². The highest BCUT2D eigenvalue weighted by Gasteiger charge is 2.31. The summed E-state index contributed by atoms with van der Waals surface area (Å²) in [7, 11) is 1.83. The Labute approximate surface area is 182 Å². The highest BCUT2D eigenvalue weighted by Crippen LogP contribution is 2.29. The molecule has 0 spiro atoms. The van der Waals surface area contributed by atoms with Crippen molar-refractivity contribution in [1.82, 2.24) is 9.80 Å². The van der Waals surface area contributed by atoms with Gasteiger partial charge in [0.05, 0.1) is 6.04 Å². The van der Waals surface area contributed by atoms with Crippen molar-refractivity contribution in [2.75, 3.05) is 20.1 Å². The molecule has 0 unspecified atom stereocenters. The molecule has 1 aromatic heterocycles. The lowest BCUT2D eigenvalue weighted by molar-refractivity contribution is -0.140. The first-order chi connectivity index (χ1) is 15.0. The molecule has 1 fully saturated rings. The van der Waals surface area contributed by atoms with Gasteiger partial charge in [-0.3, -0.25) is 9.59 Å². The molecule has 0 bridgehead atoms. The summed E-state index contributed by atoms with van der Waals surface area (Å²) >= 11 is 0. The summed E-state index contributed by atoms with van der Waals surface area (Å²) in [4.78, 5) is 29.2. The maximum Gasteiger partial charge on any atom is 0.246 e. The van der Waals surface area contributed by atoms with Gasteiger partial charge in [-0.05, 0) is 43.5 Å². The van der Waals surface area contributed by atoms with Crippen molar-refractivity contribution in [3.05, 3.63) is 78.1 Å². The second kappa shape index (κ2) is 9.21. The lowest BCUT2D eigenvalue weighted by Gasteiger charge is -2.34. The number of hydrogen-bond acceptors (Lipinski definition) is 3. The average Bonchev–Trinajstić information content (AvgIpc) is 3.26. The number of carbonyl (C=O) groups excluding carboxylic acids is 2. The minimum atomic E-state index is -0.145. The predicted octanol–water partition coefficient (Wildman–Crippen LogP) is 4.90. The quantitative estimate of drug-likeness (QED) is 0.556. The highest BCUT2D eigenvalue weighted by molar-refractivity contribution is 5.92. The number of amides is 2. The summed E-state index contributed by atoms with van der Waals surface area (Å²) in [6, 6.07) is 19.5. The molecule has 2 aromatic carbocycles. The van der Waals surface area contributed by atoms with Crippen LogP contribution < -0.4 is 0 Å². The summed E-state index contributed by atoms with van der Waals surface area (Å²) in [6.45, 7) is 3.19. The standard InChI is InChI=1S/C26H28N2O3/c1-19(24-18-22-10-6-7-11-23(22)31-24)27(2)26(30)21-14-16-28(17-15-21)25(29)13-12-20-8-4-3-5-9-20/h3-13,18-19,21H,14-17H2,1-2H3/b13-12+/t19-/m1/s1. The molecular weight excluding hydrogens is 388 g/mol. The van der Waals surface area contributed by atoms with E-state index in [0.717, 1.165) is 22.3 Å². The van der Waals surface area contributed by atoms with Gasteiger partial charge in [-0.15, -0.1) is 0 Å². The fraction of sp³-hybridized carbons (Fsp3) is 0.308. The monoisotopic (exact) mass is 416 g/mol. The molecule has 3 aromatic rings. The maximum absolute atomic E-state index is 13.1. The van der Waals surface area contributed by atoms with Crippen LogP contribution in [0.2, 0.25) is 0 Å². The normalized spacial score (nSPS) is 16.0. The van der Waals surface area contributed by atoms with Gasteiger partial charge in [-0.2, -0.15) is 0 Å². The van der Waals surface area contributed by atoms with Crippen LogP contribution in [0.4, 0.5) is 0 Å². The van der Waals surface area contributed by atoms with Crippen molar-refractivity contribution in [3.63, 3.8) is 0 Å². The number of rotatable bonds is 5. The highest BCUT2D eigenvalue weighted by atomic mass is 16.3. The van der Waals surface area contributed by atoms with E-state index in [1.807, 2.05) is 85.6 Å². The van der Waals surface area contributed by atoms with Gasteiger partial charge in [0.25, 0.3) is 0 Å². The van der Waals surface area contributed by atoms with Crippen molar-refractivity contribution < 1.29 is 14.0 Å². The number of carbonyl (C=O) groups is 2. The molecule has 0 aliphatic carbocycles. The molecule has 5 heteroatoms. The van der Waals surface area contributed by atoms with Gasteiger partial charge in [0.15, 0.2) is 0 Å². The predicted molar refractivity (Wildman–Crippen MR) is 122 cm³/mol. The molecule has 1 saturated heterocycles. The second-order valence-corrected chi connectivity index (χ2v) is 8.16. The first kappa shape index (κ1) is 20.9. The molecule has 2 amide bonds. The fourth-order valence-electron chi connectivity index (χ4n) is 4.06. The zero-order chi connectivity index (χ0) is 21.8. The molecule has 5 nitrogen and oxygen atoms in total. The van der Waals surface area contributed by atoms with Crippen molar-refractivity contribution >= 4 is 28.9 Å². The summed E-state index contributed by atoms with van der Waals surface area (Å²) in [5, 5.41) is 1.04. The van der Waals surface area contributed by atoms with E-state index in [4.69, 9.17) is 4.42 Å². The summed E-state index contributed by atoms with van der Waals surface area (Å²) in [5.41, 5.74) is 1.84. The maximum atomic E-state index is 13.1. The Bertz CT molecular complexity index is 1050. The molecule has 0 N–H and O–H groups in total. The van der Waals surface area contributed by atoms with E-state index in [1.54, 1.807) is 11.0 Å². The van der Waals surface area contributed by atoms with Crippen LogP contribution in [0.1, 0.15) is 37.1 Å². The first-order valence-electron chi connectivity index (χ1n) is 10.8. The van der Waals surface area contributed by atoms with Gasteiger partial charge in [0.2, 0.25) is 11.8 Å². The molecule has 1 aliphatic rings. The van der Waals surface area contributed by atoms with Gasteiger partial charge < -0.3 is 14.2 Å².